The van der Waals surface area contributed by atoms with Crippen LogP contribution in [0.5, 0.6) is 0 Å². The molecule has 2 N–H and O–H groups in total. The van der Waals surface area contributed by atoms with E-state index in [1.807, 2.05) is 6.07 Å². The van der Waals surface area contributed by atoms with Gasteiger partial charge in [0.2, 0.25) is 0 Å². The number of hydrogen-bond acceptors (Lipinski definition) is 3. The summed E-state index contributed by atoms with van der Waals surface area (Å²) in [7, 11) is 0. The summed E-state index contributed by atoms with van der Waals surface area (Å²) in [6, 6.07) is 33.4. The van der Waals surface area contributed by atoms with E-state index in [0.717, 1.165) is 39.0 Å². The quantitative estimate of drug-likeness (QED) is 0.230. The third-order valence-electron chi connectivity index (χ3n) is 8.92. The summed E-state index contributed by atoms with van der Waals surface area (Å²) in [6.07, 6.45) is 8.74. The SMILES string of the molecule is C1=CC2Nc3c(n4c5cc6oc7ccccc7c6cc5c5cc(-c6ccc7ccccc7c6)cc3c54)NC2C=C1. The summed E-state index contributed by atoms with van der Waals surface area (Å²) in [5, 5.41) is 16.3. The van der Waals surface area contributed by atoms with Crippen molar-refractivity contribution in [1.82, 2.24) is 4.40 Å². The summed E-state index contributed by atoms with van der Waals surface area (Å²) in [6.45, 7) is 0. The molecule has 0 bridgehead atoms. The first-order chi connectivity index (χ1) is 19.8. The van der Waals surface area contributed by atoms with Crippen molar-refractivity contribution < 1.29 is 4.42 Å². The molecule has 0 amide bonds. The van der Waals surface area contributed by atoms with Gasteiger partial charge in [-0.05, 0) is 52.2 Å². The number of hydrogen-bond donors (Lipinski definition) is 2. The molecular weight excluding hydrogens is 490 g/mol. The maximum absolute atomic E-state index is 6.34. The van der Waals surface area contributed by atoms with Crippen molar-refractivity contribution in [3.05, 3.63) is 115 Å². The molecule has 0 saturated carbocycles. The predicted octanol–water partition coefficient (Wildman–Crippen LogP) is 9.10. The zero-order valence-corrected chi connectivity index (χ0v) is 21.5. The van der Waals surface area contributed by atoms with E-state index < -0.39 is 0 Å². The highest BCUT2D eigenvalue weighted by molar-refractivity contribution is 6.24. The number of furan rings is 1. The van der Waals surface area contributed by atoms with E-state index in [4.69, 9.17) is 4.42 Å². The minimum Gasteiger partial charge on any atom is -0.456 e. The lowest BCUT2D eigenvalue weighted by atomic mass is 9.96. The van der Waals surface area contributed by atoms with Crippen molar-refractivity contribution in [2.75, 3.05) is 10.6 Å². The topological polar surface area (TPSA) is 41.6 Å². The van der Waals surface area contributed by atoms with Gasteiger partial charge in [-0.15, -0.1) is 0 Å². The molecule has 1 aliphatic carbocycles. The molecule has 0 fully saturated rings. The molecule has 2 atom stereocenters. The number of benzene rings is 5. The van der Waals surface area contributed by atoms with Gasteiger partial charge in [0.25, 0.3) is 0 Å². The highest BCUT2D eigenvalue weighted by Gasteiger charge is 2.32. The normalized spacial score (nSPS) is 18.2. The number of allylic oxidation sites excluding steroid dienone is 2. The van der Waals surface area contributed by atoms with Gasteiger partial charge >= 0.3 is 0 Å². The lowest BCUT2D eigenvalue weighted by Gasteiger charge is -2.33. The molecule has 3 aromatic heterocycles. The van der Waals surface area contributed by atoms with Crippen LogP contribution in [0.1, 0.15) is 0 Å². The fraction of sp³-hybridized carbons (Fsp3) is 0.0556. The van der Waals surface area contributed by atoms with E-state index in [2.05, 4.69) is 124 Å². The monoisotopic (exact) mass is 513 g/mol. The molecule has 8 aromatic rings. The number of anilines is 2. The van der Waals surface area contributed by atoms with Crippen LogP contribution >= 0.6 is 0 Å². The Bertz CT molecular complexity index is 2400. The number of nitrogens with zero attached hydrogens (tertiary/aromatic N) is 1. The Hall–Kier alpha value is -5.22. The lowest BCUT2D eigenvalue weighted by Crippen LogP contribution is -2.41. The van der Waals surface area contributed by atoms with Crippen molar-refractivity contribution in [2.24, 2.45) is 0 Å². The average Bonchev–Trinajstić information content (AvgIpc) is 3.64. The zero-order valence-electron chi connectivity index (χ0n) is 21.5. The molecule has 5 aromatic carbocycles. The van der Waals surface area contributed by atoms with Crippen LogP contribution in [0.25, 0.3) is 71.0 Å². The molecule has 2 aliphatic rings. The Labute approximate surface area is 229 Å². The van der Waals surface area contributed by atoms with Crippen molar-refractivity contribution >= 4 is 71.4 Å². The predicted molar refractivity (Wildman–Crippen MR) is 167 cm³/mol. The third-order valence-corrected chi connectivity index (χ3v) is 8.92. The van der Waals surface area contributed by atoms with Gasteiger partial charge in [-0.25, -0.2) is 0 Å². The van der Waals surface area contributed by atoms with Crippen molar-refractivity contribution in [1.29, 1.82) is 0 Å². The van der Waals surface area contributed by atoms with Gasteiger partial charge in [-0.2, -0.15) is 0 Å². The summed E-state index contributed by atoms with van der Waals surface area (Å²) >= 11 is 0. The number of fused-ring (bicyclic) bond motifs is 11. The Balaban J connectivity index is 1.34. The maximum atomic E-state index is 6.34. The highest BCUT2D eigenvalue weighted by Crippen LogP contribution is 2.48. The van der Waals surface area contributed by atoms with Gasteiger partial charge in [0, 0.05) is 33.0 Å². The lowest BCUT2D eigenvalue weighted by molar-refractivity contribution is 0.669. The van der Waals surface area contributed by atoms with E-state index >= 15 is 0 Å². The van der Waals surface area contributed by atoms with Crippen LogP contribution in [0.3, 0.4) is 0 Å². The van der Waals surface area contributed by atoms with E-state index in [9.17, 15) is 0 Å². The van der Waals surface area contributed by atoms with E-state index in [1.165, 1.54) is 43.6 Å². The van der Waals surface area contributed by atoms with Crippen LogP contribution in [0.4, 0.5) is 11.5 Å². The first-order valence-electron chi connectivity index (χ1n) is 13.9. The molecule has 188 valence electrons. The van der Waals surface area contributed by atoms with Crippen LogP contribution in [0, 0.1) is 0 Å². The fourth-order valence-corrected chi connectivity index (χ4v) is 7.05. The third kappa shape index (κ3) is 2.60. The molecule has 4 nitrogen and oxygen atoms in total. The van der Waals surface area contributed by atoms with Crippen LogP contribution in [0.15, 0.2) is 120 Å². The van der Waals surface area contributed by atoms with Gasteiger partial charge < -0.3 is 15.1 Å². The molecular formula is C36H23N3O. The number of nitrogens with one attached hydrogen (secondary N) is 2. The second-order valence-electron chi connectivity index (χ2n) is 11.1. The van der Waals surface area contributed by atoms with Crippen LogP contribution in [-0.2, 0) is 0 Å². The minimum atomic E-state index is 0.195. The number of rotatable bonds is 1. The van der Waals surface area contributed by atoms with E-state index in [-0.39, 0.29) is 12.1 Å². The smallest absolute Gasteiger partial charge is 0.137 e. The molecule has 0 radical (unpaired) electrons. The molecule has 4 heterocycles. The van der Waals surface area contributed by atoms with E-state index in [0.29, 0.717) is 0 Å². The van der Waals surface area contributed by atoms with Gasteiger partial charge in [0.1, 0.15) is 17.0 Å². The molecule has 10 rings (SSSR count). The molecule has 40 heavy (non-hydrogen) atoms. The Morgan fingerprint density at radius 3 is 2.30 bits per heavy atom. The Morgan fingerprint density at radius 1 is 0.575 bits per heavy atom. The molecule has 4 heteroatoms. The second-order valence-corrected chi connectivity index (χ2v) is 11.1. The molecule has 1 aliphatic heterocycles. The van der Waals surface area contributed by atoms with Crippen LogP contribution in [-0.4, -0.2) is 16.5 Å². The molecule has 0 spiro atoms. The standard InChI is InChI=1S/C36H23N3O/c1-2-8-21-15-22(14-13-20(21)7-1)23-16-27-25-18-26-24-9-3-6-12-32(24)40-33(26)19-31(25)39-35(27)28(17-23)34-36(39)38-30-11-5-4-10-29(30)37-34/h1-19,29-30,37-38H. The van der Waals surface area contributed by atoms with Gasteiger partial charge in [0.15, 0.2) is 0 Å². The fourth-order valence-electron chi connectivity index (χ4n) is 7.05. The van der Waals surface area contributed by atoms with E-state index in [1.54, 1.807) is 0 Å². The largest absolute Gasteiger partial charge is 0.456 e. The number of aromatic nitrogens is 1. The van der Waals surface area contributed by atoms with Crippen molar-refractivity contribution in [3.8, 4) is 11.1 Å². The summed E-state index contributed by atoms with van der Waals surface area (Å²) in [4.78, 5) is 0. The van der Waals surface area contributed by atoms with Gasteiger partial charge in [-0.1, -0.05) is 78.9 Å². The van der Waals surface area contributed by atoms with Gasteiger partial charge in [0.05, 0.1) is 28.8 Å². The minimum absolute atomic E-state index is 0.195. The van der Waals surface area contributed by atoms with Crippen molar-refractivity contribution in [3.63, 3.8) is 0 Å². The first kappa shape index (κ1) is 20.7. The zero-order chi connectivity index (χ0) is 25.9. The summed E-state index contributed by atoms with van der Waals surface area (Å²) in [5.74, 6) is 1.11. The summed E-state index contributed by atoms with van der Waals surface area (Å²) < 4.78 is 8.75. The Kier molecular flexibility index (Phi) is 3.75. The van der Waals surface area contributed by atoms with Crippen molar-refractivity contribution in [2.45, 2.75) is 12.1 Å². The van der Waals surface area contributed by atoms with Crippen LogP contribution in [0.2, 0.25) is 0 Å². The van der Waals surface area contributed by atoms with Gasteiger partial charge in [-0.3, -0.25) is 4.40 Å². The number of para-hydroxylation sites is 1. The van der Waals surface area contributed by atoms with Crippen LogP contribution < -0.4 is 10.6 Å². The Morgan fingerprint density at radius 2 is 1.38 bits per heavy atom. The first-order valence-corrected chi connectivity index (χ1v) is 13.9. The maximum Gasteiger partial charge on any atom is 0.137 e. The summed E-state index contributed by atoms with van der Waals surface area (Å²) in [5.41, 5.74) is 7.85. The average molecular weight is 514 g/mol. The second kappa shape index (κ2) is 7.25. The molecule has 0 saturated heterocycles. The highest BCUT2D eigenvalue weighted by atomic mass is 16.3. The molecule has 2 unspecified atom stereocenters.